The molecule has 0 saturated carbocycles. The van der Waals surface area contributed by atoms with Crippen LogP contribution in [-0.4, -0.2) is 51.1 Å². The number of nitrogens with zero attached hydrogens (tertiary/aromatic N) is 2. The Kier molecular flexibility index (Phi) is 6.99. The minimum Gasteiger partial charge on any atom is -0.497 e. The van der Waals surface area contributed by atoms with Crippen molar-refractivity contribution in [2.45, 2.75) is 26.3 Å². The first-order valence-electron chi connectivity index (χ1n) is 11.3. The van der Waals surface area contributed by atoms with Crippen LogP contribution in [0, 0.1) is 6.92 Å². The lowest BCUT2D eigenvalue weighted by molar-refractivity contribution is -0.121. The molecule has 0 spiro atoms. The molecule has 1 aliphatic heterocycles. The van der Waals surface area contributed by atoms with Gasteiger partial charge in [-0.15, -0.1) is 0 Å². The van der Waals surface area contributed by atoms with Crippen LogP contribution < -0.4 is 20.6 Å². The minimum absolute atomic E-state index is 0.0863. The zero-order valence-electron chi connectivity index (χ0n) is 19.5. The van der Waals surface area contributed by atoms with E-state index in [1.807, 2.05) is 31.2 Å². The second-order valence-electron chi connectivity index (χ2n) is 8.55. The molecule has 1 amide bonds. The third-order valence-electron chi connectivity index (χ3n) is 6.41. The average molecular weight is 450 g/mol. The Morgan fingerprint density at radius 1 is 1.12 bits per heavy atom. The van der Waals surface area contributed by atoms with Gasteiger partial charge in [-0.3, -0.25) is 4.79 Å². The number of rotatable bonds is 7. The van der Waals surface area contributed by atoms with Crippen molar-refractivity contribution in [2.75, 3.05) is 45.2 Å². The molecular formula is C26H31N3O4. The fourth-order valence-corrected chi connectivity index (χ4v) is 4.33. The van der Waals surface area contributed by atoms with Crippen molar-refractivity contribution in [3.05, 3.63) is 69.6 Å². The summed E-state index contributed by atoms with van der Waals surface area (Å²) in [6, 6.07) is 13.6. The number of carbonyl (C=O) groups excluding carboxylic acids is 1. The van der Waals surface area contributed by atoms with Gasteiger partial charge in [-0.1, -0.05) is 18.2 Å². The number of benzene rings is 2. The van der Waals surface area contributed by atoms with Gasteiger partial charge in [0.05, 0.1) is 7.11 Å². The van der Waals surface area contributed by atoms with Crippen LogP contribution in [0.25, 0.3) is 11.0 Å². The molecule has 1 fully saturated rings. The van der Waals surface area contributed by atoms with Gasteiger partial charge in [0.1, 0.15) is 11.3 Å². The topological polar surface area (TPSA) is 75.0 Å². The van der Waals surface area contributed by atoms with E-state index in [0.717, 1.165) is 42.7 Å². The van der Waals surface area contributed by atoms with E-state index in [0.29, 0.717) is 29.9 Å². The van der Waals surface area contributed by atoms with Gasteiger partial charge in [0.25, 0.3) is 0 Å². The summed E-state index contributed by atoms with van der Waals surface area (Å²) in [5.74, 6) is 0.547. The fourth-order valence-electron chi connectivity index (χ4n) is 4.33. The molecule has 0 radical (unpaired) electrons. The van der Waals surface area contributed by atoms with Crippen LogP contribution in [0.3, 0.4) is 0 Å². The molecule has 174 valence electrons. The van der Waals surface area contributed by atoms with Gasteiger partial charge in [0, 0.05) is 61.8 Å². The van der Waals surface area contributed by atoms with Crippen LogP contribution in [0.5, 0.6) is 5.75 Å². The zero-order valence-corrected chi connectivity index (χ0v) is 19.5. The van der Waals surface area contributed by atoms with Gasteiger partial charge in [0.15, 0.2) is 0 Å². The number of methoxy groups -OCH3 is 1. The fraction of sp³-hybridized carbons (Fsp3) is 0.385. The molecule has 1 saturated heterocycles. The van der Waals surface area contributed by atoms with E-state index < -0.39 is 5.63 Å². The standard InChI is InChI=1S/C26H31N3O4/c1-18-21-9-8-20(32-3)16-24(21)33-26(31)22(18)10-11-25(30)27-17-19-6-4-5-7-23(19)29-14-12-28(2)13-15-29/h4-9,16H,10-15,17H2,1-3H3,(H,27,30). The molecule has 2 aromatic carbocycles. The third kappa shape index (κ3) is 5.20. The van der Waals surface area contributed by atoms with Crippen molar-refractivity contribution in [3.63, 3.8) is 0 Å². The molecule has 0 atom stereocenters. The van der Waals surface area contributed by atoms with Gasteiger partial charge in [-0.2, -0.15) is 0 Å². The molecule has 7 heteroatoms. The highest BCUT2D eigenvalue weighted by Crippen LogP contribution is 2.25. The number of carbonyl (C=O) groups is 1. The van der Waals surface area contributed by atoms with Crippen molar-refractivity contribution < 1.29 is 13.9 Å². The summed E-state index contributed by atoms with van der Waals surface area (Å²) < 4.78 is 10.7. The zero-order chi connectivity index (χ0) is 23.4. The number of amides is 1. The lowest BCUT2D eigenvalue weighted by atomic mass is 10.0. The number of piperazine rings is 1. The Labute approximate surface area is 193 Å². The van der Waals surface area contributed by atoms with Crippen molar-refractivity contribution >= 4 is 22.6 Å². The number of para-hydroxylation sites is 1. The number of hydrogen-bond acceptors (Lipinski definition) is 6. The van der Waals surface area contributed by atoms with E-state index in [9.17, 15) is 9.59 Å². The summed E-state index contributed by atoms with van der Waals surface area (Å²) >= 11 is 0. The number of nitrogens with one attached hydrogen (secondary N) is 1. The number of ether oxygens (including phenoxy) is 1. The number of fused-ring (bicyclic) bond motifs is 1. The monoisotopic (exact) mass is 449 g/mol. The third-order valence-corrected chi connectivity index (χ3v) is 6.41. The normalized spacial score (nSPS) is 14.5. The van der Waals surface area contributed by atoms with Gasteiger partial charge in [-0.05, 0) is 49.7 Å². The molecule has 0 unspecified atom stereocenters. The van der Waals surface area contributed by atoms with E-state index in [1.54, 1.807) is 13.2 Å². The molecule has 33 heavy (non-hydrogen) atoms. The lowest BCUT2D eigenvalue weighted by Gasteiger charge is -2.35. The van der Waals surface area contributed by atoms with Crippen LogP contribution in [0.2, 0.25) is 0 Å². The van der Waals surface area contributed by atoms with Crippen LogP contribution in [0.1, 0.15) is 23.1 Å². The van der Waals surface area contributed by atoms with Crippen molar-refractivity contribution in [2.24, 2.45) is 0 Å². The summed E-state index contributed by atoms with van der Waals surface area (Å²) in [5.41, 5.74) is 3.75. The second-order valence-corrected chi connectivity index (χ2v) is 8.55. The molecular weight excluding hydrogens is 418 g/mol. The number of anilines is 1. The highest BCUT2D eigenvalue weighted by Gasteiger charge is 2.17. The van der Waals surface area contributed by atoms with Crippen molar-refractivity contribution in [3.8, 4) is 5.75 Å². The first kappa shape index (κ1) is 22.9. The van der Waals surface area contributed by atoms with E-state index >= 15 is 0 Å². The molecule has 0 aliphatic carbocycles. The summed E-state index contributed by atoms with van der Waals surface area (Å²) in [6.07, 6.45) is 0.562. The number of hydrogen-bond donors (Lipinski definition) is 1. The molecule has 2 heterocycles. The molecule has 3 aromatic rings. The first-order valence-corrected chi connectivity index (χ1v) is 11.3. The van der Waals surface area contributed by atoms with Crippen LogP contribution in [-0.2, 0) is 17.8 Å². The first-order chi connectivity index (χ1) is 16.0. The number of aryl methyl sites for hydroxylation is 1. The predicted molar refractivity (Wildman–Crippen MR) is 130 cm³/mol. The Morgan fingerprint density at radius 3 is 2.64 bits per heavy atom. The Bertz CT molecular complexity index is 1200. The highest BCUT2D eigenvalue weighted by molar-refractivity contribution is 5.82. The van der Waals surface area contributed by atoms with Gasteiger partial charge in [0.2, 0.25) is 5.91 Å². The highest BCUT2D eigenvalue weighted by atomic mass is 16.5. The van der Waals surface area contributed by atoms with Gasteiger partial charge in [-0.25, -0.2) is 4.79 Å². The van der Waals surface area contributed by atoms with Crippen LogP contribution in [0.15, 0.2) is 51.7 Å². The maximum Gasteiger partial charge on any atom is 0.339 e. The Balaban J connectivity index is 1.40. The largest absolute Gasteiger partial charge is 0.497 e. The lowest BCUT2D eigenvalue weighted by Crippen LogP contribution is -2.45. The molecule has 1 aromatic heterocycles. The predicted octanol–water partition coefficient (Wildman–Crippen LogP) is 3.11. The second kappa shape index (κ2) is 10.1. The van der Waals surface area contributed by atoms with Crippen LogP contribution >= 0.6 is 0 Å². The Hall–Kier alpha value is -3.32. The summed E-state index contributed by atoms with van der Waals surface area (Å²) in [6.45, 7) is 6.37. The number of likely N-dealkylation sites (N-methyl/N-ethyl adjacent to an activating group) is 1. The van der Waals surface area contributed by atoms with Crippen LogP contribution in [0.4, 0.5) is 5.69 Å². The Morgan fingerprint density at radius 2 is 1.88 bits per heavy atom. The van der Waals surface area contributed by atoms with Gasteiger partial charge < -0.3 is 24.3 Å². The minimum atomic E-state index is -0.401. The average Bonchev–Trinajstić information content (AvgIpc) is 2.83. The van der Waals surface area contributed by atoms with Gasteiger partial charge >= 0.3 is 5.63 Å². The maximum atomic E-state index is 12.6. The van der Waals surface area contributed by atoms with E-state index in [-0.39, 0.29) is 12.3 Å². The molecule has 4 rings (SSSR count). The smallest absolute Gasteiger partial charge is 0.339 e. The van der Waals surface area contributed by atoms with E-state index in [4.69, 9.17) is 9.15 Å². The molecule has 1 N–H and O–H groups in total. The maximum absolute atomic E-state index is 12.6. The summed E-state index contributed by atoms with van der Waals surface area (Å²) in [7, 11) is 3.71. The summed E-state index contributed by atoms with van der Waals surface area (Å²) in [5, 5.41) is 3.88. The van der Waals surface area contributed by atoms with E-state index in [1.165, 1.54) is 5.69 Å². The van der Waals surface area contributed by atoms with Crippen molar-refractivity contribution in [1.29, 1.82) is 0 Å². The quantitative estimate of drug-likeness (QED) is 0.559. The SMILES string of the molecule is COc1ccc2c(C)c(CCC(=O)NCc3ccccc3N3CCN(C)CC3)c(=O)oc2c1. The molecule has 0 bridgehead atoms. The summed E-state index contributed by atoms with van der Waals surface area (Å²) in [4.78, 5) is 29.8. The van der Waals surface area contributed by atoms with E-state index in [2.05, 4.69) is 34.3 Å². The molecule has 7 nitrogen and oxygen atoms in total. The van der Waals surface area contributed by atoms with Crippen molar-refractivity contribution in [1.82, 2.24) is 10.2 Å². The molecule has 1 aliphatic rings.